The van der Waals surface area contributed by atoms with E-state index in [2.05, 4.69) is 9.46 Å². The molecule has 2 aromatic carbocycles. The van der Waals surface area contributed by atoms with Crippen molar-refractivity contribution in [3.8, 4) is 17.2 Å². The number of ether oxygens (including phenoxy) is 2. The number of phenolic OH excluding ortho intramolecular Hbond substituents is 1. The Labute approximate surface area is 135 Å². The van der Waals surface area contributed by atoms with Crippen molar-refractivity contribution in [1.29, 1.82) is 0 Å². The van der Waals surface area contributed by atoms with Crippen LogP contribution in [0.3, 0.4) is 0 Å². The number of rotatable bonds is 4. The normalized spacial score (nSPS) is 10.4. The van der Waals surface area contributed by atoms with Gasteiger partial charge in [0.25, 0.3) is 0 Å². The van der Waals surface area contributed by atoms with E-state index in [0.29, 0.717) is 11.4 Å². The molecule has 4 N–H and O–H groups in total. The van der Waals surface area contributed by atoms with Crippen LogP contribution in [-0.2, 0) is 14.8 Å². The van der Waals surface area contributed by atoms with Crippen molar-refractivity contribution in [2.24, 2.45) is 0 Å². The van der Waals surface area contributed by atoms with Gasteiger partial charge in [-0.15, -0.1) is 0 Å². The van der Waals surface area contributed by atoms with Crippen LogP contribution in [0, 0.1) is 0 Å². The van der Waals surface area contributed by atoms with E-state index >= 15 is 0 Å². The van der Waals surface area contributed by atoms with Crippen LogP contribution in [-0.4, -0.2) is 34.0 Å². The smallest absolute Gasteiger partial charge is 0.229 e. The molecule has 7 nitrogen and oxygen atoms in total. The van der Waals surface area contributed by atoms with E-state index in [1.165, 1.54) is 24.3 Å². The Kier molecular flexibility index (Phi) is 6.67. The Balaban J connectivity index is 0.000000816. The third kappa shape index (κ3) is 6.90. The number of hydrogen-bond donors (Lipinski definition) is 3. The fourth-order valence-electron chi connectivity index (χ4n) is 1.55. The van der Waals surface area contributed by atoms with Gasteiger partial charge in [-0.25, -0.2) is 8.42 Å². The first-order valence-corrected chi connectivity index (χ1v) is 8.38. The number of phenols is 1. The lowest BCUT2D eigenvalue weighted by Crippen LogP contribution is -2.10. The van der Waals surface area contributed by atoms with Crippen LogP contribution in [0.1, 0.15) is 0 Å². The maximum Gasteiger partial charge on any atom is 0.229 e. The van der Waals surface area contributed by atoms with Crippen molar-refractivity contribution in [1.82, 2.24) is 0 Å². The number of benzene rings is 2. The second-order valence-corrected chi connectivity index (χ2v) is 6.38. The Morgan fingerprint density at radius 3 is 2.17 bits per heavy atom. The Morgan fingerprint density at radius 1 is 1.09 bits per heavy atom. The lowest BCUT2D eigenvalue weighted by Gasteiger charge is -2.12. The predicted molar refractivity (Wildman–Crippen MR) is 90.4 cm³/mol. The zero-order chi connectivity index (χ0) is 17.5. The van der Waals surface area contributed by atoms with Crippen molar-refractivity contribution in [3.05, 3.63) is 42.5 Å². The van der Waals surface area contributed by atoms with Crippen LogP contribution in [0.15, 0.2) is 42.5 Å². The fraction of sp³-hybridized carbons (Fsp3) is 0.200. The molecular formula is C15H20N2O5S. The van der Waals surface area contributed by atoms with E-state index in [0.717, 1.165) is 6.26 Å². The van der Waals surface area contributed by atoms with Gasteiger partial charge in [0.05, 0.1) is 11.9 Å². The summed E-state index contributed by atoms with van der Waals surface area (Å²) in [5.74, 6) is 0.838. The summed E-state index contributed by atoms with van der Waals surface area (Å²) in [6.07, 6.45) is 1.05. The summed E-state index contributed by atoms with van der Waals surface area (Å²) >= 11 is 0. The molecule has 0 amide bonds. The highest BCUT2D eigenvalue weighted by Crippen LogP contribution is 2.32. The Morgan fingerprint density at radius 2 is 1.65 bits per heavy atom. The van der Waals surface area contributed by atoms with Crippen LogP contribution in [0.25, 0.3) is 0 Å². The van der Waals surface area contributed by atoms with Crippen molar-refractivity contribution in [2.75, 3.05) is 30.9 Å². The molecule has 0 saturated heterocycles. The van der Waals surface area contributed by atoms with Crippen molar-refractivity contribution < 1.29 is 23.0 Å². The van der Waals surface area contributed by atoms with E-state index in [4.69, 9.17) is 10.5 Å². The number of methoxy groups -OCH3 is 1. The highest BCUT2D eigenvalue weighted by Gasteiger charge is 2.10. The number of nitrogen functional groups attached to an aromatic ring is 1. The topological polar surface area (TPSA) is 111 Å². The summed E-state index contributed by atoms with van der Waals surface area (Å²) < 4.78 is 34.8. The molecule has 0 aliphatic rings. The van der Waals surface area contributed by atoms with Gasteiger partial charge in [0.1, 0.15) is 11.5 Å². The monoisotopic (exact) mass is 340 g/mol. The lowest BCUT2D eigenvalue weighted by atomic mass is 10.2. The van der Waals surface area contributed by atoms with Gasteiger partial charge in [-0.1, -0.05) is 0 Å². The first kappa shape index (κ1) is 18.6. The second kappa shape index (κ2) is 8.25. The summed E-state index contributed by atoms with van der Waals surface area (Å²) in [4.78, 5) is 0. The molecule has 0 aliphatic carbocycles. The largest absolute Gasteiger partial charge is 0.508 e. The fourth-order valence-corrected chi connectivity index (χ4v) is 2.12. The van der Waals surface area contributed by atoms with E-state index < -0.39 is 10.0 Å². The summed E-state index contributed by atoms with van der Waals surface area (Å²) in [6.45, 7) is 0. The number of nitrogens with two attached hydrogens (primary N) is 1. The third-order valence-electron chi connectivity index (χ3n) is 2.37. The summed E-state index contributed by atoms with van der Waals surface area (Å²) in [6, 6.07) is 10.6. The maximum absolute atomic E-state index is 11.3. The van der Waals surface area contributed by atoms with Crippen LogP contribution in [0.2, 0.25) is 0 Å². The zero-order valence-electron chi connectivity index (χ0n) is 13.1. The molecule has 0 radical (unpaired) electrons. The molecule has 2 rings (SSSR count). The van der Waals surface area contributed by atoms with Crippen molar-refractivity contribution >= 4 is 21.4 Å². The van der Waals surface area contributed by atoms with Gasteiger partial charge in [-0.05, 0) is 36.4 Å². The molecule has 0 atom stereocenters. The number of aromatic hydroxyl groups is 1. The van der Waals surface area contributed by atoms with Gasteiger partial charge in [-0.3, -0.25) is 4.72 Å². The third-order valence-corrected chi connectivity index (χ3v) is 2.96. The molecular weight excluding hydrogens is 320 g/mol. The quantitative estimate of drug-likeness (QED) is 0.737. The van der Waals surface area contributed by atoms with Crippen molar-refractivity contribution in [3.63, 3.8) is 0 Å². The van der Waals surface area contributed by atoms with Crippen LogP contribution >= 0.6 is 0 Å². The minimum atomic E-state index is -3.42. The standard InChI is InChI=1S/C13H14N2O4S.C2H6O/c1-20(17,18)15-12-7-2-9(14)8-13(12)19-11-5-3-10(16)4-6-11;1-3-2/h2-8,15-16H,14H2,1H3;1-2H3. The molecule has 8 heteroatoms. The maximum atomic E-state index is 11.3. The SMILES string of the molecule is COC.CS(=O)(=O)Nc1ccc(N)cc1Oc1ccc(O)cc1. The van der Waals surface area contributed by atoms with E-state index in [1.54, 1.807) is 32.4 Å². The van der Waals surface area contributed by atoms with Crippen LogP contribution in [0.4, 0.5) is 11.4 Å². The first-order chi connectivity index (χ1) is 10.7. The van der Waals surface area contributed by atoms with Gasteiger partial charge >= 0.3 is 0 Å². The average molecular weight is 340 g/mol. The molecule has 0 heterocycles. The summed E-state index contributed by atoms with van der Waals surface area (Å²) in [5, 5.41) is 9.21. The average Bonchev–Trinajstić information content (AvgIpc) is 2.44. The molecule has 0 fully saturated rings. The molecule has 0 unspecified atom stereocenters. The minimum Gasteiger partial charge on any atom is -0.508 e. The number of nitrogens with one attached hydrogen (secondary N) is 1. The van der Waals surface area contributed by atoms with Gasteiger partial charge in [0.2, 0.25) is 10.0 Å². The van der Waals surface area contributed by atoms with E-state index in [-0.39, 0.29) is 17.2 Å². The molecule has 0 aliphatic heterocycles. The molecule has 126 valence electrons. The molecule has 0 spiro atoms. The zero-order valence-corrected chi connectivity index (χ0v) is 13.9. The lowest BCUT2D eigenvalue weighted by molar-refractivity contribution is 0.277. The van der Waals surface area contributed by atoms with Crippen LogP contribution in [0.5, 0.6) is 17.2 Å². The summed E-state index contributed by atoms with van der Waals surface area (Å²) in [7, 11) is -0.172. The summed E-state index contributed by atoms with van der Waals surface area (Å²) in [5.41, 5.74) is 6.40. The number of anilines is 2. The minimum absolute atomic E-state index is 0.111. The van der Waals surface area contributed by atoms with E-state index in [1.807, 2.05) is 0 Å². The van der Waals surface area contributed by atoms with Crippen LogP contribution < -0.4 is 15.2 Å². The highest BCUT2D eigenvalue weighted by atomic mass is 32.2. The van der Waals surface area contributed by atoms with Gasteiger partial charge in [0, 0.05) is 26.0 Å². The molecule has 0 aromatic heterocycles. The Hall–Kier alpha value is -2.45. The molecule has 0 saturated carbocycles. The first-order valence-electron chi connectivity index (χ1n) is 6.49. The van der Waals surface area contributed by atoms with Crippen molar-refractivity contribution in [2.45, 2.75) is 0 Å². The molecule has 2 aromatic rings. The van der Waals surface area contributed by atoms with Gasteiger partial charge < -0.3 is 20.3 Å². The number of hydrogen-bond acceptors (Lipinski definition) is 6. The van der Waals surface area contributed by atoms with Gasteiger partial charge in [-0.2, -0.15) is 0 Å². The predicted octanol–water partition coefficient (Wildman–Crippen LogP) is 2.40. The number of sulfonamides is 1. The highest BCUT2D eigenvalue weighted by molar-refractivity contribution is 7.92. The van der Waals surface area contributed by atoms with E-state index in [9.17, 15) is 13.5 Å². The Bertz CT molecular complexity index is 730. The molecule has 23 heavy (non-hydrogen) atoms. The van der Waals surface area contributed by atoms with Gasteiger partial charge in [0.15, 0.2) is 5.75 Å². The second-order valence-electron chi connectivity index (χ2n) is 4.63. The molecule has 0 bridgehead atoms.